The molecule has 1 atom stereocenters. The van der Waals surface area contributed by atoms with Crippen molar-refractivity contribution in [1.29, 1.82) is 0 Å². The number of nitrogens with one attached hydrogen (secondary N) is 1. The number of hydrogen-bond donors (Lipinski definition) is 1. The van der Waals surface area contributed by atoms with Gasteiger partial charge in [-0.1, -0.05) is 20.8 Å². The Kier molecular flexibility index (Phi) is 7.01. The number of hydrogen-bond acceptors (Lipinski definition) is 7. The Morgan fingerprint density at radius 3 is 2.50 bits per heavy atom. The second-order valence-corrected chi connectivity index (χ2v) is 8.13. The SMILES string of the molecule is CCOC(=O)C1c2cc([N+](=O)[O-])c(OC)cc2CCN1C(=O)C(=O)NCC(C)(C)C. The monoisotopic (exact) mass is 421 g/mol. The Bertz CT molecular complexity index is 861. The van der Waals surface area contributed by atoms with Crippen LogP contribution in [0.2, 0.25) is 0 Å². The minimum absolute atomic E-state index is 0.0567. The van der Waals surface area contributed by atoms with Crippen LogP contribution in [0.3, 0.4) is 0 Å². The van der Waals surface area contributed by atoms with Gasteiger partial charge in [-0.2, -0.15) is 0 Å². The van der Waals surface area contributed by atoms with Crippen molar-refractivity contribution in [3.63, 3.8) is 0 Å². The summed E-state index contributed by atoms with van der Waals surface area (Å²) in [5.74, 6) is -2.42. The topological polar surface area (TPSA) is 128 Å². The summed E-state index contributed by atoms with van der Waals surface area (Å²) in [6.07, 6.45) is 0.303. The molecular formula is C20H27N3O7. The molecule has 30 heavy (non-hydrogen) atoms. The van der Waals surface area contributed by atoms with E-state index >= 15 is 0 Å². The lowest BCUT2D eigenvalue weighted by molar-refractivity contribution is -0.385. The largest absolute Gasteiger partial charge is 0.490 e. The highest BCUT2D eigenvalue weighted by Gasteiger charge is 2.41. The van der Waals surface area contributed by atoms with E-state index in [9.17, 15) is 24.5 Å². The number of esters is 1. The number of carbonyl (C=O) groups excluding carboxylic acids is 3. The summed E-state index contributed by atoms with van der Waals surface area (Å²) in [5, 5.41) is 14.0. The molecule has 164 valence electrons. The third-order valence-corrected chi connectivity index (χ3v) is 4.61. The fourth-order valence-electron chi connectivity index (χ4n) is 3.19. The van der Waals surface area contributed by atoms with Gasteiger partial charge in [-0.05, 0) is 36.0 Å². The molecule has 1 heterocycles. The van der Waals surface area contributed by atoms with Crippen molar-refractivity contribution in [3.05, 3.63) is 33.4 Å². The average molecular weight is 421 g/mol. The van der Waals surface area contributed by atoms with Crippen LogP contribution < -0.4 is 10.1 Å². The summed E-state index contributed by atoms with van der Waals surface area (Å²) in [5.41, 5.74) is 0.304. The second kappa shape index (κ2) is 9.10. The first-order chi connectivity index (χ1) is 14.0. The van der Waals surface area contributed by atoms with Crippen LogP contribution in [0.1, 0.15) is 44.9 Å². The predicted molar refractivity (Wildman–Crippen MR) is 107 cm³/mol. The van der Waals surface area contributed by atoms with Crippen molar-refractivity contribution in [2.24, 2.45) is 5.41 Å². The average Bonchev–Trinajstić information content (AvgIpc) is 2.68. The zero-order valence-electron chi connectivity index (χ0n) is 17.8. The lowest BCUT2D eigenvalue weighted by Gasteiger charge is -2.35. The van der Waals surface area contributed by atoms with Gasteiger partial charge < -0.3 is 19.7 Å². The Hall–Kier alpha value is -3.17. The number of nitro benzene ring substituents is 1. The first-order valence-electron chi connectivity index (χ1n) is 9.60. The van der Waals surface area contributed by atoms with Gasteiger partial charge in [0.1, 0.15) is 0 Å². The van der Waals surface area contributed by atoms with Gasteiger partial charge in [0.15, 0.2) is 11.8 Å². The number of fused-ring (bicyclic) bond motifs is 1. The molecule has 1 N–H and O–H groups in total. The molecule has 1 aliphatic heterocycles. The highest BCUT2D eigenvalue weighted by Crippen LogP contribution is 2.38. The van der Waals surface area contributed by atoms with Crippen molar-refractivity contribution >= 4 is 23.5 Å². The molecule has 0 aliphatic carbocycles. The fourth-order valence-corrected chi connectivity index (χ4v) is 3.19. The molecule has 0 spiro atoms. The van der Waals surface area contributed by atoms with E-state index in [1.165, 1.54) is 19.2 Å². The maximum absolute atomic E-state index is 12.8. The Morgan fingerprint density at radius 1 is 1.30 bits per heavy atom. The molecule has 2 amide bonds. The number of carbonyl (C=O) groups is 3. The van der Waals surface area contributed by atoms with Crippen molar-refractivity contribution in [3.8, 4) is 5.75 Å². The molecule has 0 saturated carbocycles. The number of amides is 2. The van der Waals surface area contributed by atoms with Crippen molar-refractivity contribution < 1.29 is 28.8 Å². The molecule has 0 fully saturated rings. The van der Waals surface area contributed by atoms with Gasteiger partial charge in [0.05, 0.1) is 18.6 Å². The molecule has 1 aromatic carbocycles. The van der Waals surface area contributed by atoms with E-state index < -0.39 is 28.7 Å². The minimum Gasteiger partial charge on any atom is -0.490 e. The maximum atomic E-state index is 12.8. The van der Waals surface area contributed by atoms with Crippen molar-refractivity contribution in [1.82, 2.24) is 10.2 Å². The van der Waals surface area contributed by atoms with E-state index in [0.717, 1.165) is 4.90 Å². The lowest BCUT2D eigenvalue weighted by atomic mass is 9.91. The van der Waals surface area contributed by atoms with E-state index in [0.29, 0.717) is 12.0 Å². The van der Waals surface area contributed by atoms with Crippen molar-refractivity contribution in [2.75, 3.05) is 26.8 Å². The summed E-state index contributed by atoms with van der Waals surface area (Å²) in [6, 6.07) is 1.44. The molecule has 1 aromatic rings. The third kappa shape index (κ3) is 5.05. The van der Waals surface area contributed by atoms with E-state index in [1.54, 1.807) is 6.92 Å². The van der Waals surface area contributed by atoms with Crippen LogP contribution in [0.15, 0.2) is 12.1 Å². The fraction of sp³-hybridized carbons (Fsp3) is 0.550. The van der Waals surface area contributed by atoms with Crippen LogP contribution in [0, 0.1) is 15.5 Å². The van der Waals surface area contributed by atoms with Crippen LogP contribution in [-0.4, -0.2) is 54.4 Å². The quantitative estimate of drug-likeness (QED) is 0.332. The Balaban J connectivity index is 2.45. The van der Waals surface area contributed by atoms with Gasteiger partial charge in [0.25, 0.3) is 0 Å². The van der Waals surface area contributed by atoms with E-state index in [-0.39, 0.29) is 42.1 Å². The van der Waals surface area contributed by atoms with Crippen LogP contribution in [-0.2, 0) is 25.5 Å². The number of nitrogens with zero attached hydrogens (tertiary/aromatic N) is 2. The Labute approximate surface area is 174 Å². The van der Waals surface area contributed by atoms with E-state index in [4.69, 9.17) is 9.47 Å². The highest BCUT2D eigenvalue weighted by atomic mass is 16.6. The third-order valence-electron chi connectivity index (χ3n) is 4.61. The smallest absolute Gasteiger partial charge is 0.333 e. The molecular weight excluding hydrogens is 394 g/mol. The van der Waals surface area contributed by atoms with Crippen LogP contribution >= 0.6 is 0 Å². The molecule has 1 unspecified atom stereocenters. The number of ether oxygens (including phenoxy) is 2. The zero-order chi connectivity index (χ0) is 22.6. The summed E-state index contributed by atoms with van der Waals surface area (Å²) in [6.45, 7) is 7.74. The number of nitro groups is 1. The molecule has 0 radical (unpaired) electrons. The first kappa shape index (κ1) is 23.1. The number of methoxy groups -OCH3 is 1. The summed E-state index contributed by atoms with van der Waals surface area (Å²) >= 11 is 0. The molecule has 2 rings (SSSR count). The molecule has 10 heteroatoms. The molecule has 1 aliphatic rings. The second-order valence-electron chi connectivity index (χ2n) is 8.13. The molecule has 0 aromatic heterocycles. The summed E-state index contributed by atoms with van der Waals surface area (Å²) in [7, 11) is 1.32. The first-order valence-corrected chi connectivity index (χ1v) is 9.60. The van der Waals surface area contributed by atoms with Gasteiger partial charge in [-0.25, -0.2) is 4.79 Å². The maximum Gasteiger partial charge on any atom is 0.333 e. The zero-order valence-corrected chi connectivity index (χ0v) is 17.8. The molecule has 0 bridgehead atoms. The predicted octanol–water partition coefficient (Wildman–Crippen LogP) is 1.75. The Morgan fingerprint density at radius 2 is 1.97 bits per heavy atom. The van der Waals surface area contributed by atoms with Gasteiger partial charge in [-0.3, -0.25) is 19.7 Å². The number of rotatable bonds is 5. The standard InChI is InChI=1S/C20H27N3O7/c1-6-30-19(26)16-13-10-14(23(27)28)15(29-5)9-12(13)7-8-22(16)18(25)17(24)21-11-20(2,3)4/h9-10,16H,6-8,11H2,1-5H3,(H,21,24). The van der Waals surface area contributed by atoms with Crippen molar-refractivity contribution in [2.45, 2.75) is 40.2 Å². The van der Waals surface area contributed by atoms with E-state index in [1.807, 2.05) is 20.8 Å². The van der Waals surface area contributed by atoms with E-state index in [2.05, 4.69) is 5.32 Å². The summed E-state index contributed by atoms with van der Waals surface area (Å²) < 4.78 is 10.2. The van der Waals surface area contributed by atoms with Gasteiger partial charge in [0, 0.05) is 19.2 Å². The highest BCUT2D eigenvalue weighted by molar-refractivity contribution is 6.35. The summed E-state index contributed by atoms with van der Waals surface area (Å²) in [4.78, 5) is 49.9. The van der Waals surface area contributed by atoms with Crippen LogP contribution in [0.25, 0.3) is 0 Å². The lowest BCUT2D eigenvalue weighted by Crippen LogP contribution is -2.50. The molecule has 0 saturated heterocycles. The molecule has 10 nitrogen and oxygen atoms in total. The van der Waals surface area contributed by atoms with Crippen LogP contribution in [0.5, 0.6) is 5.75 Å². The van der Waals surface area contributed by atoms with Gasteiger partial charge >= 0.3 is 23.5 Å². The van der Waals surface area contributed by atoms with Gasteiger partial charge in [0.2, 0.25) is 0 Å². The number of benzene rings is 1. The van der Waals surface area contributed by atoms with Gasteiger partial charge in [-0.15, -0.1) is 0 Å². The normalized spacial score (nSPS) is 15.8. The minimum atomic E-state index is -1.26. The van der Waals surface area contributed by atoms with Crippen LogP contribution in [0.4, 0.5) is 5.69 Å².